The lowest BCUT2D eigenvalue weighted by Gasteiger charge is -2.10. The van der Waals surface area contributed by atoms with Gasteiger partial charge in [0.05, 0.1) is 24.8 Å². The number of rotatable bonds is 11. The Kier molecular flexibility index (Phi) is 9.84. The van der Waals surface area contributed by atoms with Crippen LogP contribution in [-0.2, 0) is 4.74 Å². The minimum Gasteiger partial charge on any atom is -0.497 e. The molecule has 0 atom stereocenters. The number of unbranched alkanes of at least 4 members (excludes halogenated alkanes) is 2. The molecule has 8 heteroatoms. The van der Waals surface area contributed by atoms with Crippen LogP contribution in [0.2, 0.25) is 0 Å². The van der Waals surface area contributed by atoms with Crippen LogP contribution in [0.4, 0.5) is 4.79 Å². The van der Waals surface area contributed by atoms with Gasteiger partial charge in [0.1, 0.15) is 23.0 Å². The number of benzene rings is 3. The molecule has 0 radical (unpaired) electrons. The minimum absolute atomic E-state index is 0.256. The molecule has 0 saturated heterocycles. The van der Waals surface area contributed by atoms with E-state index in [-0.39, 0.29) is 18.1 Å². The number of esters is 2. The van der Waals surface area contributed by atoms with Crippen LogP contribution in [0, 0.1) is 6.92 Å². The summed E-state index contributed by atoms with van der Waals surface area (Å²) in [5.74, 6) is 0.383. The van der Waals surface area contributed by atoms with Gasteiger partial charge in [0, 0.05) is 0 Å². The Morgan fingerprint density at radius 1 is 0.757 bits per heavy atom. The first-order valence-corrected chi connectivity index (χ1v) is 11.6. The van der Waals surface area contributed by atoms with Gasteiger partial charge in [-0.2, -0.15) is 0 Å². The van der Waals surface area contributed by atoms with Crippen molar-refractivity contribution >= 4 is 18.1 Å². The molecule has 0 aromatic heterocycles. The van der Waals surface area contributed by atoms with Crippen LogP contribution < -0.4 is 18.9 Å². The first-order valence-electron chi connectivity index (χ1n) is 11.6. The second-order valence-corrected chi connectivity index (χ2v) is 7.94. The largest absolute Gasteiger partial charge is 0.513 e. The average molecular weight is 505 g/mol. The van der Waals surface area contributed by atoms with Crippen molar-refractivity contribution in [3.05, 3.63) is 96.1 Å². The molecule has 0 heterocycles. The van der Waals surface area contributed by atoms with Crippen LogP contribution in [0.3, 0.4) is 0 Å². The quantitative estimate of drug-likeness (QED) is 0.0985. The van der Waals surface area contributed by atoms with Gasteiger partial charge in [-0.3, -0.25) is 0 Å². The summed E-state index contributed by atoms with van der Waals surface area (Å²) >= 11 is 0. The Hall–Kier alpha value is -4.59. The summed E-state index contributed by atoms with van der Waals surface area (Å²) in [6.45, 7) is 5.60. The zero-order valence-electron chi connectivity index (χ0n) is 20.7. The first kappa shape index (κ1) is 27.0. The number of methoxy groups -OCH3 is 1. The zero-order valence-corrected chi connectivity index (χ0v) is 20.7. The highest BCUT2D eigenvalue weighted by atomic mass is 16.7. The summed E-state index contributed by atoms with van der Waals surface area (Å²) in [4.78, 5) is 36.9. The summed E-state index contributed by atoms with van der Waals surface area (Å²) < 4.78 is 26.0. The second-order valence-electron chi connectivity index (χ2n) is 7.94. The van der Waals surface area contributed by atoms with E-state index in [2.05, 4.69) is 6.58 Å². The van der Waals surface area contributed by atoms with Crippen LogP contribution in [0.1, 0.15) is 45.5 Å². The third-order valence-electron chi connectivity index (χ3n) is 5.21. The Morgan fingerprint density at radius 3 is 1.89 bits per heavy atom. The van der Waals surface area contributed by atoms with Gasteiger partial charge >= 0.3 is 18.1 Å². The molecule has 3 aromatic carbocycles. The molecular formula is C29H28O8. The normalized spacial score (nSPS) is 10.2. The molecule has 0 N–H and O–H groups in total. The monoisotopic (exact) mass is 504 g/mol. The molecule has 0 unspecified atom stereocenters. The molecule has 0 spiro atoms. The van der Waals surface area contributed by atoms with E-state index in [1.807, 2.05) is 6.08 Å². The number of ether oxygens (including phenoxy) is 5. The van der Waals surface area contributed by atoms with Crippen LogP contribution in [0.25, 0.3) is 0 Å². The summed E-state index contributed by atoms with van der Waals surface area (Å²) in [6, 6.07) is 17.2. The Bertz CT molecular complexity index is 1230. The molecule has 0 bridgehead atoms. The van der Waals surface area contributed by atoms with E-state index >= 15 is 0 Å². The maximum Gasteiger partial charge on any atom is 0.513 e. The Labute approximate surface area is 215 Å². The third-order valence-corrected chi connectivity index (χ3v) is 5.21. The average Bonchev–Trinajstić information content (AvgIpc) is 2.90. The molecule has 0 aliphatic carbocycles. The predicted molar refractivity (Wildman–Crippen MR) is 137 cm³/mol. The fourth-order valence-electron chi connectivity index (χ4n) is 3.24. The van der Waals surface area contributed by atoms with Crippen LogP contribution >= 0.6 is 0 Å². The summed E-state index contributed by atoms with van der Waals surface area (Å²) in [6.07, 6.45) is 3.47. The lowest BCUT2D eigenvalue weighted by Crippen LogP contribution is -2.13. The highest BCUT2D eigenvalue weighted by molar-refractivity contribution is 5.96. The molecule has 0 amide bonds. The Morgan fingerprint density at radius 2 is 1.32 bits per heavy atom. The van der Waals surface area contributed by atoms with E-state index in [9.17, 15) is 14.4 Å². The van der Waals surface area contributed by atoms with Crippen molar-refractivity contribution in [2.45, 2.75) is 26.2 Å². The van der Waals surface area contributed by atoms with Crippen molar-refractivity contribution in [1.29, 1.82) is 0 Å². The van der Waals surface area contributed by atoms with E-state index in [1.165, 1.54) is 36.4 Å². The number of hydrogen-bond donors (Lipinski definition) is 0. The lowest BCUT2D eigenvalue weighted by molar-refractivity contribution is 0.0719. The number of carbonyl (C=O) groups is 3. The lowest BCUT2D eigenvalue weighted by atomic mass is 10.1. The number of allylic oxidation sites excluding steroid dienone is 1. The predicted octanol–water partition coefficient (Wildman–Crippen LogP) is 6.31. The van der Waals surface area contributed by atoms with E-state index in [4.69, 9.17) is 23.7 Å². The minimum atomic E-state index is -0.801. The third kappa shape index (κ3) is 8.24. The summed E-state index contributed by atoms with van der Waals surface area (Å²) in [7, 11) is 1.55. The maximum atomic E-state index is 12.7. The Balaban J connectivity index is 1.53. The van der Waals surface area contributed by atoms with Gasteiger partial charge in [-0.25, -0.2) is 14.4 Å². The SMILES string of the molecule is C=CCCCCOC(=O)Oc1ccc(OC(=O)c2ccc(C(=O)Oc3ccc(OC)cc3)cc2C)cc1. The molecule has 3 rings (SSSR count). The van der Waals surface area contributed by atoms with Crippen LogP contribution in [0.15, 0.2) is 79.4 Å². The first-order chi connectivity index (χ1) is 17.9. The van der Waals surface area contributed by atoms with Crippen molar-refractivity contribution < 1.29 is 38.1 Å². The van der Waals surface area contributed by atoms with Gasteiger partial charge in [0.15, 0.2) is 0 Å². The molecular weight excluding hydrogens is 476 g/mol. The summed E-state index contributed by atoms with van der Waals surface area (Å²) in [5, 5.41) is 0. The molecule has 37 heavy (non-hydrogen) atoms. The topological polar surface area (TPSA) is 97.4 Å². The number of aryl methyl sites for hydroxylation is 1. The number of hydrogen-bond acceptors (Lipinski definition) is 8. The summed E-state index contributed by atoms with van der Waals surface area (Å²) in [5.41, 5.74) is 1.13. The van der Waals surface area contributed by atoms with Crippen molar-refractivity contribution in [3.8, 4) is 23.0 Å². The van der Waals surface area contributed by atoms with E-state index in [0.717, 1.165) is 19.3 Å². The van der Waals surface area contributed by atoms with Gasteiger partial charge < -0.3 is 23.7 Å². The molecule has 0 saturated carbocycles. The highest BCUT2D eigenvalue weighted by Gasteiger charge is 2.16. The van der Waals surface area contributed by atoms with Crippen molar-refractivity contribution in [2.24, 2.45) is 0 Å². The molecule has 3 aromatic rings. The van der Waals surface area contributed by atoms with Crippen LogP contribution in [-0.4, -0.2) is 31.8 Å². The molecule has 0 aliphatic rings. The standard InChI is InChI=1S/C29H28O8/c1-4-5-6-7-18-34-29(32)37-25-15-13-24(14-16-25)36-28(31)26-17-8-21(19-20(26)2)27(30)35-23-11-9-22(33-3)10-12-23/h4,8-17,19H,1,5-7,18H2,2-3H3. The molecule has 8 nitrogen and oxygen atoms in total. The van der Waals surface area contributed by atoms with Crippen LogP contribution in [0.5, 0.6) is 23.0 Å². The fourth-order valence-corrected chi connectivity index (χ4v) is 3.24. The smallest absolute Gasteiger partial charge is 0.497 e. The van der Waals surface area contributed by atoms with Gasteiger partial charge in [0.25, 0.3) is 0 Å². The van der Waals surface area contributed by atoms with Gasteiger partial charge in [-0.15, -0.1) is 6.58 Å². The number of carbonyl (C=O) groups excluding carboxylic acids is 3. The van der Waals surface area contributed by atoms with Crippen molar-refractivity contribution in [3.63, 3.8) is 0 Å². The fraction of sp³-hybridized carbons (Fsp3) is 0.207. The van der Waals surface area contributed by atoms with Gasteiger partial charge in [0.2, 0.25) is 0 Å². The molecule has 192 valence electrons. The van der Waals surface area contributed by atoms with Gasteiger partial charge in [-0.05, 0) is 98.5 Å². The van der Waals surface area contributed by atoms with E-state index in [0.29, 0.717) is 28.2 Å². The van der Waals surface area contributed by atoms with Gasteiger partial charge in [-0.1, -0.05) is 6.08 Å². The maximum absolute atomic E-state index is 12.7. The van der Waals surface area contributed by atoms with E-state index < -0.39 is 18.1 Å². The second kappa shape index (κ2) is 13.5. The molecule has 0 aliphatic heterocycles. The van der Waals surface area contributed by atoms with Crippen molar-refractivity contribution in [2.75, 3.05) is 13.7 Å². The highest BCUT2D eigenvalue weighted by Crippen LogP contribution is 2.22. The van der Waals surface area contributed by atoms with Crippen molar-refractivity contribution in [1.82, 2.24) is 0 Å². The zero-order chi connectivity index (χ0) is 26.6. The van der Waals surface area contributed by atoms with E-state index in [1.54, 1.807) is 44.4 Å². The molecule has 0 fully saturated rings.